The first-order valence-electron chi connectivity index (χ1n) is 4.38. The number of nitrogens with one attached hydrogen (secondary N) is 2. The van der Waals surface area contributed by atoms with Crippen LogP contribution >= 0.6 is 0 Å². The number of nitrogen functional groups attached to an aromatic ring is 1. The zero-order chi connectivity index (χ0) is 9.97. The van der Waals surface area contributed by atoms with E-state index in [4.69, 9.17) is 5.73 Å². The van der Waals surface area contributed by atoms with Crippen LogP contribution in [0.25, 0.3) is 0 Å². The number of benzene rings is 1. The highest BCUT2D eigenvalue weighted by Crippen LogP contribution is 2.20. The number of H-pyrrole nitrogens is 1. The van der Waals surface area contributed by atoms with Crippen LogP contribution in [0.2, 0.25) is 0 Å². The predicted octanol–water partition coefficient (Wildman–Crippen LogP) is 2.04. The maximum Gasteiger partial charge on any atom is 0.125 e. The molecule has 0 aliphatic heterocycles. The number of anilines is 3. The number of aromatic nitrogens is 2. The molecule has 0 spiro atoms. The second kappa shape index (κ2) is 3.41. The number of hydrogen-bond acceptors (Lipinski definition) is 3. The minimum absolute atomic E-state index is 0.776. The summed E-state index contributed by atoms with van der Waals surface area (Å²) in [7, 11) is 0. The van der Waals surface area contributed by atoms with Gasteiger partial charge in [-0.05, 0) is 30.7 Å². The molecule has 4 N–H and O–H groups in total. The maximum atomic E-state index is 5.65. The number of nitrogens with two attached hydrogens (primary N) is 1. The molecule has 0 saturated heterocycles. The van der Waals surface area contributed by atoms with Crippen molar-refractivity contribution in [1.29, 1.82) is 0 Å². The number of aromatic amines is 1. The van der Waals surface area contributed by atoms with Crippen LogP contribution in [0, 0.1) is 6.92 Å². The molecule has 0 radical (unpaired) electrons. The Hall–Kier alpha value is -1.97. The van der Waals surface area contributed by atoms with Crippen LogP contribution < -0.4 is 11.1 Å². The van der Waals surface area contributed by atoms with E-state index in [-0.39, 0.29) is 0 Å². The molecular weight excluding hydrogens is 176 g/mol. The predicted molar refractivity (Wildman–Crippen MR) is 57.5 cm³/mol. The Morgan fingerprint density at radius 3 is 2.86 bits per heavy atom. The van der Waals surface area contributed by atoms with Crippen molar-refractivity contribution in [3.8, 4) is 0 Å². The molecule has 1 aromatic carbocycles. The van der Waals surface area contributed by atoms with Crippen molar-refractivity contribution in [2.75, 3.05) is 11.1 Å². The van der Waals surface area contributed by atoms with Gasteiger partial charge in [-0.15, -0.1) is 0 Å². The first-order valence-corrected chi connectivity index (χ1v) is 4.38. The summed E-state index contributed by atoms with van der Waals surface area (Å²) in [5, 5.41) is 9.89. The zero-order valence-corrected chi connectivity index (χ0v) is 7.91. The fraction of sp³-hybridized carbons (Fsp3) is 0.100. The molecule has 1 heterocycles. The number of nitrogens with zero attached hydrogens (tertiary/aromatic N) is 1. The Labute approximate surface area is 82.1 Å². The van der Waals surface area contributed by atoms with E-state index in [0.717, 1.165) is 22.8 Å². The largest absolute Gasteiger partial charge is 0.399 e. The van der Waals surface area contributed by atoms with Gasteiger partial charge in [-0.2, -0.15) is 5.10 Å². The van der Waals surface area contributed by atoms with Crippen LogP contribution in [0.15, 0.2) is 30.5 Å². The van der Waals surface area contributed by atoms with Crippen molar-refractivity contribution < 1.29 is 0 Å². The van der Waals surface area contributed by atoms with E-state index in [1.165, 1.54) is 0 Å². The lowest BCUT2D eigenvalue weighted by Crippen LogP contribution is -1.94. The van der Waals surface area contributed by atoms with E-state index in [1.54, 1.807) is 6.20 Å². The monoisotopic (exact) mass is 188 g/mol. The molecule has 0 bridgehead atoms. The van der Waals surface area contributed by atoms with Gasteiger partial charge in [-0.3, -0.25) is 5.10 Å². The molecule has 0 fully saturated rings. The Bertz CT molecular complexity index is 420. The van der Waals surface area contributed by atoms with Crippen molar-refractivity contribution in [2.45, 2.75) is 6.92 Å². The third kappa shape index (κ3) is 1.69. The van der Waals surface area contributed by atoms with Gasteiger partial charge in [0.05, 0.1) is 6.20 Å². The van der Waals surface area contributed by atoms with Crippen molar-refractivity contribution in [2.24, 2.45) is 0 Å². The second-order valence-electron chi connectivity index (χ2n) is 3.17. The van der Waals surface area contributed by atoms with Crippen LogP contribution in [-0.2, 0) is 0 Å². The molecule has 0 amide bonds. The fourth-order valence-corrected chi connectivity index (χ4v) is 1.30. The number of aryl methyl sites for hydroxylation is 1. The van der Waals surface area contributed by atoms with Crippen molar-refractivity contribution in [3.63, 3.8) is 0 Å². The fourth-order valence-electron chi connectivity index (χ4n) is 1.30. The van der Waals surface area contributed by atoms with E-state index in [0.29, 0.717) is 0 Å². The summed E-state index contributed by atoms with van der Waals surface area (Å²) in [6.45, 7) is 2.01. The van der Waals surface area contributed by atoms with Crippen molar-refractivity contribution >= 4 is 17.2 Å². The van der Waals surface area contributed by atoms with E-state index in [9.17, 15) is 0 Å². The molecule has 4 nitrogen and oxygen atoms in total. The molecular formula is C10H12N4. The van der Waals surface area contributed by atoms with E-state index < -0.39 is 0 Å². The molecule has 0 unspecified atom stereocenters. The summed E-state index contributed by atoms with van der Waals surface area (Å²) >= 11 is 0. The molecule has 72 valence electrons. The van der Waals surface area contributed by atoms with Crippen LogP contribution in [0.4, 0.5) is 17.2 Å². The minimum atomic E-state index is 0.776. The highest BCUT2D eigenvalue weighted by Gasteiger charge is 1.99. The van der Waals surface area contributed by atoms with E-state index >= 15 is 0 Å². The maximum absolute atomic E-state index is 5.65. The van der Waals surface area contributed by atoms with Gasteiger partial charge < -0.3 is 11.1 Å². The first kappa shape index (κ1) is 8.62. The molecule has 1 aromatic heterocycles. The molecule has 2 aromatic rings. The van der Waals surface area contributed by atoms with Gasteiger partial charge in [0.15, 0.2) is 0 Å². The first-order chi connectivity index (χ1) is 6.75. The zero-order valence-electron chi connectivity index (χ0n) is 7.91. The highest BCUT2D eigenvalue weighted by atomic mass is 15.2. The van der Waals surface area contributed by atoms with E-state index in [2.05, 4.69) is 15.5 Å². The summed E-state index contributed by atoms with van der Waals surface area (Å²) in [5.74, 6) is 0.873. The van der Waals surface area contributed by atoms with Gasteiger partial charge in [0.2, 0.25) is 0 Å². The minimum Gasteiger partial charge on any atom is -0.399 e. The van der Waals surface area contributed by atoms with Gasteiger partial charge in [0.1, 0.15) is 5.82 Å². The summed E-state index contributed by atoms with van der Waals surface area (Å²) in [5.41, 5.74) is 8.57. The average Bonchev–Trinajstić information content (AvgIpc) is 2.62. The van der Waals surface area contributed by atoms with Crippen LogP contribution in [-0.4, -0.2) is 10.2 Å². The van der Waals surface area contributed by atoms with Crippen LogP contribution in [0.3, 0.4) is 0 Å². The Kier molecular flexibility index (Phi) is 2.10. The van der Waals surface area contributed by atoms with Crippen LogP contribution in [0.5, 0.6) is 0 Å². The molecule has 4 heteroatoms. The third-order valence-corrected chi connectivity index (χ3v) is 2.02. The Morgan fingerprint density at radius 1 is 1.36 bits per heavy atom. The lowest BCUT2D eigenvalue weighted by molar-refractivity contribution is 1.09. The van der Waals surface area contributed by atoms with Crippen molar-refractivity contribution in [1.82, 2.24) is 10.2 Å². The highest BCUT2D eigenvalue weighted by molar-refractivity contribution is 5.63. The van der Waals surface area contributed by atoms with E-state index in [1.807, 2.05) is 31.2 Å². The molecule has 14 heavy (non-hydrogen) atoms. The average molecular weight is 188 g/mol. The topological polar surface area (TPSA) is 66.7 Å². The standard InChI is InChI=1S/C10H12N4/c1-7-6-8(11)2-3-9(7)13-10-4-5-12-14-10/h2-6H,11H2,1H3,(H2,12,13,14). The summed E-state index contributed by atoms with van der Waals surface area (Å²) in [6, 6.07) is 7.62. The van der Waals surface area contributed by atoms with Crippen LogP contribution in [0.1, 0.15) is 5.56 Å². The SMILES string of the molecule is Cc1cc(N)ccc1Nc1ccn[nH]1. The van der Waals surface area contributed by atoms with Gasteiger partial charge >= 0.3 is 0 Å². The third-order valence-electron chi connectivity index (χ3n) is 2.02. The summed E-state index contributed by atoms with van der Waals surface area (Å²) < 4.78 is 0. The van der Waals surface area contributed by atoms with Gasteiger partial charge in [-0.1, -0.05) is 0 Å². The van der Waals surface area contributed by atoms with Gasteiger partial charge in [0, 0.05) is 17.4 Å². The molecule has 2 rings (SSSR count). The number of rotatable bonds is 2. The smallest absolute Gasteiger partial charge is 0.125 e. The summed E-state index contributed by atoms with van der Waals surface area (Å²) in [6.07, 6.45) is 1.70. The lowest BCUT2D eigenvalue weighted by atomic mass is 10.2. The van der Waals surface area contributed by atoms with Gasteiger partial charge in [0.25, 0.3) is 0 Å². The normalized spacial score (nSPS) is 10.1. The lowest BCUT2D eigenvalue weighted by Gasteiger charge is -2.07. The second-order valence-corrected chi connectivity index (χ2v) is 3.17. The summed E-state index contributed by atoms with van der Waals surface area (Å²) in [4.78, 5) is 0. The van der Waals surface area contributed by atoms with Crippen molar-refractivity contribution in [3.05, 3.63) is 36.0 Å². The Balaban J connectivity index is 2.25. The molecule has 0 saturated carbocycles. The molecule has 0 atom stereocenters. The quantitative estimate of drug-likeness (QED) is 0.632. The molecule has 0 aliphatic rings. The molecule has 0 aliphatic carbocycles. The Morgan fingerprint density at radius 2 is 2.21 bits per heavy atom. The van der Waals surface area contributed by atoms with Gasteiger partial charge in [-0.25, -0.2) is 0 Å². The number of hydrogen-bond donors (Lipinski definition) is 3.